The van der Waals surface area contributed by atoms with Crippen molar-refractivity contribution in [3.8, 4) is 0 Å². The fourth-order valence-electron chi connectivity index (χ4n) is 4.08. The first-order chi connectivity index (χ1) is 7.49. The van der Waals surface area contributed by atoms with Gasteiger partial charge in [0.15, 0.2) is 0 Å². The van der Waals surface area contributed by atoms with Gasteiger partial charge in [-0.1, -0.05) is 13.8 Å². The summed E-state index contributed by atoms with van der Waals surface area (Å²) in [5.74, 6) is 1.45. The van der Waals surface area contributed by atoms with Gasteiger partial charge in [0.05, 0.1) is 6.61 Å². The number of hydrogen-bond acceptors (Lipinski definition) is 2. The van der Waals surface area contributed by atoms with Gasteiger partial charge in [-0.2, -0.15) is 0 Å². The molecule has 16 heavy (non-hydrogen) atoms. The van der Waals surface area contributed by atoms with Crippen LogP contribution in [0.3, 0.4) is 0 Å². The first-order valence-corrected chi connectivity index (χ1v) is 6.91. The van der Waals surface area contributed by atoms with E-state index in [1.165, 1.54) is 19.3 Å². The average Bonchev–Trinajstić information content (AvgIpc) is 2.72. The summed E-state index contributed by atoms with van der Waals surface area (Å²) in [5, 5.41) is 0. The predicted molar refractivity (Wildman–Crippen MR) is 67.3 cm³/mol. The van der Waals surface area contributed by atoms with Crippen molar-refractivity contribution in [2.24, 2.45) is 11.8 Å². The maximum absolute atomic E-state index is 6.29. The van der Waals surface area contributed by atoms with E-state index < -0.39 is 0 Å². The second-order valence-corrected chi connectivity index (χ2v) is 6.25. The summed E-state index contributed by atoms with van der Waals surface area (Å²) in [6, 6.07) is 1.18. The van der Waals surface area contributed by atoms with Crippen LogP contribution in [-0.2, 0) is 4.74 Å². The molecule has 2 fully saturated rings. The molecule has 1 heterocycles. The smallest absolute Gasteiger partial charge is 0.125 e. The van der Waals surface area contributed by atoms with E-state index in [0.29, 0.717) is 12.1 Å². The Morgan fingerprint density at radius 3 is 2.50 bits per heavy atom. The summed E-state index contributed by atoms with van der Waals surface area (Å²) in [4.78, 5) is 2.64. The molecule has 94 valence electrons. The van der Waals surface area contributed by atoms with Crippen LogP contribution in [0.25, 0.3) is 0 Å². The summed E-state index contributed by atoms with van der Waals surface area (Å²) in [7, 11) is 0. The van der Waals surface area contributed by atoms with Crippen LogP contribution in [0.4, 0.5) is 0 Å². The minimum atomic E-state index is 0.0712. The summed E-state index contributed by atoms with van der Waals surface area (Å²) < 4.78 is 6.29. The molecule has 2 nitrogen and oxygen atoms in total. The van der Waals surface area contributed by atoms with E-state index in [1.54, 1.807) is 0 Å². The second kappa shape index (κ2) is 4.30. The molecule has 3 atom stereocenters. The van der Waals surface area contributed by atoms with Crippen molar-refractivity contribution >= 4 is 0 Å². The van der Waals surface area contributed by atoms with Crippen LogP contribution in [0.5, 0.6) is 0 Å². The third-order valence-corrected chi connectivity index (χ3v) is 4.48. The molecule has 2 rings (SSSR count). The monoisotopic (exact) mass is 225 g/mol. The Bertz CT molecular complexity index is 251. The first-order valence-electron chi connectivity index (χ1n) is 6.91. The zero-order valence-corrected chi connectivity index (χ0v) is 11.5. The van der Waals surface area contributed by atoms with Crippen molar-refractivity contribution in [3.63, 3.8) is 0 Å². The Morgan fingerprint density at radius 2 is 1.94 bits per heavy atom. The van der Waals surface area contributed by atoms with E-state index in [-0.39, 0.29) is 5.72 Å². The average molecular weight is 225 g/mol. The number of nitrogens with zero attached hydrogens (tertiary/aromatic N) is 1. The SMILES string of the molecule is CC(C)[C@H]1CCC[C@]12OC[C@@H](C)N2C(C)C. The molecule has 2 aliphatic rings. The fourth-order valence-corrected chi connectivity index (χ4v) is 4.08. The van der Waals surface area contributed by atoms with Crippen molar-refractivity contribution in [1.29, 1.82) is 0 Å². The summed E-state index contributed by atoms with van der Waals surface area (Å²) in [5.41, 5.74) is 0.0712. The zero-order valence-electron chi connectivity index (χ0n) is 11.5. The fraction of sp³-hybridized carbons (Fsp3) is 1.00. The Morgan fingerprint density at radius 1 is 1.25 bits per heavy atom. The minimum Gasteiger partial charge on any atom is -0.358 e. The Balaban J connectivity index is 2.28. The topological polar surface area (TPSA) is 12.5 Å². The molecule has 1 saturated carbocycles. The summed E-state index contributed by atoms with van der Waals surface area (Å²) in [6.45, 7) is 12.5. The lowest BCUT2D eigenvalue weighted by atomic mass is 9.86. The van der Waals surface area contributed by atoms with E-state index in [4.69, 9.17) is 4.74 Å². The van der Waals surface area contributed by atoms with Crippen LogP contribution in [0, 0.1) is 11.8 Å². The van der Waals surface area contributed by atoms with Gasteiger partial charge in [0, 0.05) is 18.0 Å². The van der Waals surface area contributed by atoms with Crippen LogP contribution >= 0.6 is 0 Å². The lowest BCUT2D eigenvalue weighted by Crippen LogP contribution is -2.54. The third kappa shape index (κ3) is 1.70. The van der Waals surface area contributed by atoms with E-state index in [0.717, 1.165) is 18.4 Å². The van der Waals surface area contributed by atoms with Gasteiger partial charge in [0.1, 0.15) is 5.72 Å². The molecule has 2 heteroatoms. The van der Waals surface area contributed by atoms with Crippen LogP contribution in [-0.4, -0.2) is 29.3 Å². The van der Waals surface area contributed by atoms with Gasteiger partial charge in [0.25, 0.3) is 0 Å². The number of ether oxygens (including phenoxy) is 1. The van der Waals surface area contributed by atoms with Crippen molar-refractivity contribution in [2.75, 3.05) is 6.61 Å². The molecule has 1 spiro atoms. The van der Waals surface area contributed by atoms with Crippen LogP contribution in [0.1, 0.15) is 53.9 Å². The largest absolute Gasteiger partial charge is 0.358 e. The van der Waals surface area contributed by atoms with Crippen LogP contribution in [0.15, 0.2) is 0 Å². The van der Waals surface area contributed by atoms with Gasteiger partial charge >= 0.3 is 0 Å². The highest BCUT2D eigenvalue weighted by Crippen LogP contribution is 2.49. The molecule has 0 aromatic carbocycles. The van der Waals surface area contributed by atoms with Gasteiger partial charge < -0.3 is 4.74 Å². The molecule has 0 amide bonds. The molecule has 0 N–H and O–H groups in total. The molecule has 0 unspecified atom stereocenters. The first kappa shape index (κ1) is 12.4. The minimum absolute atomic E-state index is 0.0712. The Hall–Kier alpha value is -0.0800. The zero-order chi connectivity index (χ0) is 11.9. The Kier molecular flexibility index (Phi) is 3.33. The molecular weight excluding hydrogens is 198 g/mol. The van der Waals surface area contributed by atoms with Gasteiger partial charge in [-0.25, -0.2) is 0 Å². The van der Waals surface area contributed by atoms with E-state index in [2.05, 4.69) is 39.5 Å². The van der Waals surface area contributed by atoms with Gasteiger partial charge in [-0.15, -0.1) is 0 Å². The van der Waals surface area contributed by atoms with Crippen LogP contribution in [0.2, 0.25) is 0 Å². The van der Waals surface area contributed by atoms with Gasteiger partial charge in [0.2, 0.25) is 0 Å². The van der Waals surface area contributed by atoms with E-state index in [9.17, 15) is 0 Å². The number of rotatable bonds is 2. The normalized spacial score (nSPS) is 40.7. The molecule has 0 radical (unpaired) electrons. The van der Waals surface area contributed by atoms with E-state index >= 15 is 0 Å². The maximum atomic E-state index is 6.29. The molecule has 1 saturated heterocycles. The van der Waals surface area contributed by atoms with Gasteiger partial charge in [-0.3, -0.25) is 4.90 Å². The second-order valence-electron chi connectivity index (χ2n) is 6.25. The van der Waals surface area contributed by atoms with Crippen molar-refractivity contribution in [3.05, 3.63) is 0 Å². The highest BCUT2D eigenvalue weighted by molar-refractivity contribution is 5.01. The molecule has 0 aromatic heterocycles. The van der Waals surface area contributed by atoms with Crippen molar-refractivity contribution in [2.45, 2.75) is 71.7 Å². The standard InChI is InChI=1S/C14H27NO/c1-10(2)13-7-6-8-14(13)15(11(3)4)12(5)9-16-14/h10-13H,6-9H2,1-5H3/t12-,13-,14+/m1/s1. The van der Waals surface area contributed by atoms with Gasteiger partial charge in [-0.05, 0) is 46.0 Å². The lowest BCUT2D eigenvalue weighted by molar-refractivity contribution is -0.134. The molecule has 0 bridgehead atoms. The highest BCUT2D eigenvalue weighted by Gasteiger charge is 2.55. The molecule has 1 aliphatic carbocycles. The third-order valence-electron chi connectivity index (χ3n) is 4.48. The predicted octanol–water partition coefficient (Wildman–Crippen LogP) is 3.27. The summed E-state index contributed by atoms with van der Waals surface area (Å²) >= 11 is 0. The lowest BCUT2D eigenvalue weighted by Gasteiger charge is -2.44. The van der Waals surface area contributed by atoms with E-state index in [1.807, 2.05) is 0 Å². The molecular formula is C14H27NO. The summed E-state index contributed by atoms with van der Waals surface area (Å²) in [6.07, 6.45) is 3.91. The number of hydrogen-bond donors (Lipinski definition) is 0. The molecule has 0 aromatic rings. The maximum Gasteiger partial charge on any atom is 0.125 e. The Labute approximate surface area is 100 Å². The molecule has 1 aliphatic heterocycles. The highest BCUT2D eigenvalue weighted by atomic mass is 16.5. The van der Waals surface area contributed by atoms with Crippen molar-refractivity contribution in [1.82, 2.24) is 4.90 Å². The quantitative estimate of drug-likeness (QED) is 0.715. The van der Waals surface area contributed by atoms with Crippen LogP contribution < -0.4 is 0 Å². The van der Waals surface area contributed by atoms with Crippen molar-refractivity contribution < 1.29 is 4.74 Å².